The monoisotopic (exact) mass is 616 g/mol. The van der Waals surface area contributed by atoms with Gasteiger partial charge in [0.2, 0.25) is 5.91 Å². The molecule has 1 aliphatic rings. The Morgan fingerprint density at radius 3 is 2.59 bits per heavy atom. The van der Waals surface area contributed by atoms with Gasteiger partial charge < -0.3 is 21.5 Å². The van der Waals surface area contributed by atoms with E-state index in [9.17, 15) is 9.59 Å². The third-order valence-electron chi connectivity index (χ3n) is 6.83. The van der Waals surface area contributed by atoms with Crippen LogP contribution in [0.4, 0.5) is 5.69 Å². The minimum absolute atomic E-state index is 0.0632. The van der Waals surface area contributed by atoms with Crippen molar-refractivity contribution in [2.75, 3.05) is 39.1 Å². The molecule has 0 spiro atoms. The van der Waals surface area contributed by atoms with Crippen LogP contribution >= 0.6 is 11.9 Å². The minimum atomic E-state index is -0.555. The number of benzene rings is 2. The van der Waals surface area contributed by atoms with Crippen LogP contribution in [0.25, 0.3) is 0 Å². The number of dihydropyridines is 1. The molecule has 5 N–H and O–H groups in total. The van der Waals surface area contributed by atoms with Crippen LogP contribution in [0, 0.1) is 17.8 Å². The molecule has 3 unspecified atom stereocenters. The topological polar surface area (TPSA) is 132 Å². The molecular formula is C34H44N6O3S. The first-order valence-corrected chi connectivity index (χ1v) is 15.6. The molecule has 2 aromatic rings. The molecule has 2 aromatic carbocycles. The van der Waals surface area contributed by atoms with Crippen molar-refractivity contribution < 1.29 is 14.7 Å². The summed E-state index contributed by atoms with van der Waals surface area (Å²) in [6.45, 7) is 6.99. The van der Waals surface area contributed by atoms with Gasteiger partial charge in [0, 0.05) is 55.6 Å². The second-order valence-electron chi connectivity index (χ2n) is 11.3. The quantitative estimate of drug-likeness (QED) is 0.116. The molecule has 1 heterocycles. The summed E-state index contributed by atoms with van der Waals surface area (Å²) in [5.41, 5.74) is 9.12. The Hall–Kier alpha value is -3.75. The number of nitrogens with one attached hydrogen (secondary N) is 2. The molecule has 44 heavy (non-hydrogen) atoms. The summed E-state index contributed by atoms with van der Waals surface area (Å²) < 4.78 is 1.68. The normalized spacial score (nSPS) is 17.2. The van der Waals surface area contributed by atoms with Gasteiger partial charge in [-0.15, -0.1) is 0 Å². The van der Waals surface area contributed by atoms with Crippen LogP contribution < -0.4 is 16.4 Å². The summed E-state index contributed by atoms with van der Waals surface area (Å²) >= 11 is 1.49. The summed E-state index contributed by atoms with van der Waals surface area (Å²) in [4.78, 5) is 34.9. The predicted octanol–water partition coefficient (Wildman–Crippen LogP) is 4.01. The first-order valence-electron chi connectivity index (χ1n) is 14.7. The van der Waals surface area contributed by atoms with Gasteiger partial charge in [-0.25, -0.2) is 0 Å². The highest BCUT2D eigenvalue weighted by Crippen LogP contribution is 2.34. The summed E-state index contributed by atoms with van der Waals surface area (Å²) in [7, 11) is 3.37. The number of hydrogen-bond donors (Lipinski definition) is 4. The minimum Gasteiger partial charge on any atom is -0.395 e. The van der Waals surface area contributed by atoms with E-state index in [-0.39, 0.29) is 29.7 Å². The number of aliphatic hydroxyl groups excluding tert-OH is 1. The molecule has 0 fully saturated rings. The van der Waals surface area contributed by atoms with Crippen molar-refractivity contribution in [1.82, 2.24) is 9.62 Å². The second-order valence-corrected chi connectivity index (χ2v) is 12.7. The van der Waals surface area contributed by atoms with Gasteiger partial charge in [0.15, 0.2) is 0 Å². The Labute approximate surface area is 265 Å². The van der Waals surface area contributed by atoms with Gasteiger partial charge in [-0.3, -0.25) is 23.9 Å². The zero-order valence-corrected chi connectivity index (χ0v) is 27.0. The fourth-order valence-electron chi connectivity index (χ4n) is 4.51. The molecule has 234 valence electrons. The van der Waals surface area contributed by atoms with Gasteiger partial charge in [-0.1, -0.05) is 54.3 Å². The van der Waals surface area contributed by atoms with Crippen molar-refractivity contribution in [1.29, 1.82) is 0 Å². The van der Waals surface area contributed by atoms with Crippen LogP contribution in [0.15, 0.2) is 76.2 Å². The molecule has 0 radical (unpaired) electrons. The lowest BCUT2D eigenvalue weighted by molar-refractivity contribution is -0.126. The lowest BCUT2D eigenvalue weighted by Crippen LogP contribution is -2.38. The average Bonchev–Trinajstić information content (AvgIpc) is 3.00. The number of aliphatic hydroxyl groups is 1. The maximum atomic E-state index is 13.5. The van der Waals surface area contributed by atoms with Crippen molar-refractivity contribution in [3.63, 3.8) is 0 Å². The number of carbonyl (C=O) groups is 2. The van der Waals surface area contributed by atoms with E-state index >= 15 is 0 Å². The van der Waals surface area contributed by atoms with Crippen molar-refractivity contribution in [3.8, 4) is 11.8 Å². The van der Waals surface area contributed by atoms with Crippen molar-refractivity contribution in [2.24, 2.45) is 21.6 Å². The van der Waals surface area contributed by atoms with Crippen molar-refractivity contribution in [2.45, 2.75) is 50.4 Å². The molecule has 9 nitrogen and oxygen atoms in total. The Kier molecular flexibility index (Phi) is 13.4. The largest absolute Gasteiger partial charge is 0.395 e. The van der Waals surface area contributed by atoms with Gasteiger partial charge in [0.25, 0.3) is 5.91 Å². The highest BCUT2D eigenvalue weighted by Gasteiger charge is 2.26. The van der Waals surface area contributed by atoms with Crippen LogP contribution in [-0.2, 0) is 9.59 Å². The molecular weight excluding hydrogens is 572 g/mol. The molecule has 1 aliphatic heterocycles. The molecule has 0 aromatic heterocycles. The van der Waals surface area contributed by atoms with Crippen molar-refractivity contribution in [3.05, 3.63) is 77.4 Å². The Morgan fingerprint density at radius 2 is 1.91 bits per heavy atom. The Morgan fingerprint density at radius 1 is 1.16 bits per heavy atom. The number of aliphatic imine (C=N–C) groups is 2. The summed E-state index contributed by atoms with van der Waals surface area (Å²) in [5.74, 6) is 5.47. The summed E-state index contributed by atoms with van der Waals surface area (Å²) in [6.07, 6.45) is 4.73. The van der Waals surface area contributed by atoms with E-state index in [4.69, 9.17) is 10.8 Å². The maximum Gasteiger partial charge on any atom is 0.269 e. The van der Waals surface area contributed by atoms with E-state index in [0.717, 1.165) is 29.7 Å². The molecule has 0 saturated heterocycles. The second kappa shape index (κ2) is 16.9. The molecule has 0 aliphatic carbocycles. The molecule has 3 rings (SSSR count). The van der Waals surface area contributed by atoms with Crippen LogP contribution in [0.1, 0.15) is 50.0 Å². The fraction of sp³-hybridized carbons (Fsp3) is 0.412. The number of nitrogens with two attached hydrogens (primary N) is 1. The standard InChI is InChI=1S/C34H44N6O3S/c1-24-27(15-14-25-10-9-13-29(20-25)39-32(42)30(36-4)22-34(2,3)35)21-28(23-38-24)33(43)40(5)44-31(16-17-37-18-19-41)26-11-7-6-8-12-26/h6-13,20-21,23-24,28,31,37,41H,16-19,22,35H2,1-5H3,(H,39,42). The predicted molar refractivity (Wildman–Crippen MR) is 182 cm³/mol. The number of nitrogens with zero attached hydrogens (tertiary/aromatic N) is 3. The van der Waals surface area contributed by atoms with Gasteiger partial charge >= 0.3 is 0 Å². The number of amides is 2. The van der Waals surface area contributed by atoms with E-state index in [1.165, 1.54) is 11.9 Å². The third-order valence-corrected chi connectivity index (χ3v) is 8.09. The SMILES string of the molecule is CN=C(CC(C)(C)N)C(=O)Nc1cccc(C#CC2=CC(C(=O)N(C)SC(CCNCCO)c3ccccc3)C=NC2C)c1. The number of anilines is 1. The van der Waals surface area contributed by atoms with Crippen LogP contribution in [0.5, 0.6) is 0 Å². The van der Waals surface area contributed by atoms with E-state index in [0.29, 0.717) is 24.4 Å². The summed E-state index contributed by atoms with van der Waals surface area (Å²) in [5, 5.41) is 15.3. The smallest absolute Gasteiger partial charge is 0.269 e. The highest BCUT2D eigenvalue weighted by atomic mass is 32.2. The van der Waals surface area contributed by atoms with Gasteiger partial charge in [0.05, 0.1) is 23.8 Å². The molecule has 3 atom stereocenters. The van der Waals surface area contributed by atoms with Gasteiger partial charge in [-0.05, 0) is 69.4 Å². The number of hydrogen-bond acceptors (Lipinski definition) is 8. The van der Waals surface area contributed by atoms with Crippen molar-refractivity contribution >= 4 is 41.4 Å². The van der Waals surface area contributed by atoms with E-state index in [2.05, 4.69) is 44.6 Å². The lowest BCUT2D eigenvalue weighted by Gasteiger charge is -2.26. The Balaban J connectivity index is 1.70. The van der Waals surface area contributed by atoms with E-state index in [1.807, 2.05) is 57.2 Å². The van der Waals surface area contributed by atoms with E-state index in [1.54, 1.807) is 36.7 Å². The first kappa shape index (κ1) is 34.7. The Bertz CT molecular complexity index is 1420. The number of carbonyl (C=O) groups excluding carboxylic acids is 2. The molecule has 0 saturated carbocycles. The first-order chi connectivity index (χ1) is 21.0. The molecule has 0 bridgehead atoms. The maximum absolute atomic E-state index is 13.5. The van der Waals surface area contributed by atoms with E-state index < -0.39 is 11.5 Å². The van der Waals surface area contributed by atoms with Crippen LogP contribution in [0.3, 0.4) is 0 Å². The third kappa shape index (κ3) is 11.1. The highest BCUT2D eigenvalue weighted by molar-refractivity contribution is 7.97. The summed E-state index contributed by atoms with van der Waals surface area (Å²) in [6, 6.07) is 17.2. The van der Waals surface area contributed by atoms with Gasteiger partial charge in [-0.2, -0.15) is 0 Å². The fourth-order valence-corrected chi connectivity index (χ4v) is 5.62. The zero-order valence-electron chi connectivity index (χ0n) is 26.2. The molecule has 10 heteroatoms. The zero-order chi connectivity index (χ0) is 32.1. The van der Waals surface area contributed by atoms with Gasteiger partial charge in [0.1, 0.15) is 5.71 Å². The lowest BCUT2D eigenvalue weighted by atomic mass is 9.98. The number of rotatable bonds is 13. The van der Waals surface area contributed by atoms with Crippen LogP contribution in [0.2, 0.25) is 0 Å². The average molecular weight is 617 g/mol. The van der Waals surface area contributed by atoms with Crippen LogP contribution in [-0.4, -0.2) is 78.5 Å². The molecule has 2 amide bonds.